The van der Waals surface area contributed by atoms with E-state index in [9.17, 15) is 8.42 Å². The molecule has 1 aliphatic carbocycles. The first-order chi connectivity index (χ1) is 9.97. The molecule has 1 fully saturated rings. The Morgan fingerprint density at radius 2 is 2.19 bits per heavy atom. The Kier molecular flexibility index (Phi) is 5.86. The van der Waals surface area contributed by atoms with Gasteiger partial charge < -0.3 is 11.1 Å². The number of sulfonamides is 1. The SMILES string of the molecule is NC(=NCC1CCC1)NCCNS(=O)(=O)c1ccc(Cl)s1. The van der Waals surface area contributed by atoms with E-state index in [1.54, 1.807) is 6.07 Å². The fourth-order valence-corrected chi connectivity index (χ4v) is 4.41. The maximum Gasteiger partial charge on any atom is 0.250 e. The zero-order valence-corrected chi connectivity index (χ0v) is 13.9. The summed E-state index contributed by atoms with van der Waals surface area (Å²) in [4.78, 5) is 4.23. The number of nitrogens with two attached hydrogens (primary N) is 1. The van der Waals surface area contributed by atoms with Crippen molar-refractivity contribution in [2.45, 2.75) is 23.5 Å². The molecule has 0 amide bonds. The third-order valence-electron chi connectivity index (χ3n) is 3.28. The number of halogens is 1. The third-order valence-corrected chi connectivity index (χ3v) is 6.47. The summed E-state index contributed by atoms with van der Waals surface area (Å²) < 4.78 is 26.9. The first-order valence-electron chi connectivity index (χ1n) is 6.76. The van der Waals surface area contributed by atoms with Crippen LogP contribution in [0.1, 0.15) is 19.3 Å². The van der Waals surface area contributed by atoms with Crippen molar-refractivity contribution >= 4 is 38.9 Å². The van der Waals surface area contributed by atoms with Gasteiger partial charge in [-0.2, -0.15) is 0 Å². The zero-order valence-electron chi connectivity index (χ0n) is 11.5. The van der Waals surface area contributed by atoms with E-state index in [0.29, 0.717) is 22.8 Å². The van der Waals surface area contributed by atoms with Crippen LogP contribution in [0.2, 0.25) is 4.34 Å². The molecule has 1 aliphatic rings. The molecule has 118 valence electrons. The predicted octanol–water partition coefficient (Wildman–Crippen LogP) is 1.38. The van der Waals surface area contributed by atoms with Gasteiger partial charge in [-0.05, 0) is 30.9 Å². The van der Waals surface area contributed by atoms with Crippen molar-refractivity contribution < 1.29 is 8.42 Å². The second-order valence-electron chi connectivity index (χ2n) is 4.91. The Balaban J connectivity index is 1.69. The van der Waals surface area contributed by atoms with Gasteiger partial charge in [-0.15, -0.1) is 11.3 Å². The van der Waals surface area contributed by atoms with E-state index < -0.39 is 10.0 Å². The summed E-state index contributed by atoms with van der Waals surface area (Å²) in [5, 5.41) is 2.89. The van der Waals surface area contributed by atoms with Crippen LogP contribution in [0.25, 0.3) is 0 Å². The topological polar surface area (TPSA) is 96.6 Å². The molecule has 0 atom stereocenters. The summed E-state index contributed by atoms with van der Waals surface area (Å²) in [7, 11) is -3.49. The molecule has 6 nitrogen and oxygen atoms in total. The standard InChI is InChI=1S/C12H19ClN4O2S2/c13-10-4-5-11(20-10)21(18,19)17-7-6-15-12(14)16-8-9-2-1-3-9/h4-5,9,17H,1-3,6-8H2,(H3,14,15,16). The molecule has 9 heteroatoms. The van der Waals surface area contributed by atoms with E-state index in [1.807, 2.05) is 0 Å². The van der Waals surface area contributed by atoms with Crippen molar-refractivity contribution in [3.63, 3.8) is 0 Å². The number of hydrogen-bond donors (Lipinski definition) is 3. The predicted molar refractivity (Wildman–Crippen MR) is 86.4 cm³/mol. The van der Waals surface area contributed by atoms with Gasteiger partial charge in [0.25, 0.3) is 0 Å². The molecule has 0 bridgehead atoms. The van der Waals surface area contributed by atoms with Gasteiger partial charge in [-0.3, -0.25) is 4.99 Å². The maximum absolute atomic E-state index is 11.9. The van der Waals surface area contributed by atoms with Crippen molar-refractivity contribution in [3.05, 3.63) is 16.5 Å². The average molecular weight is 351 g/mol. The van der Waals surface area contributed by atoms with Gasteiger partial charge in [0.05, 0.1) is 4.34 Å². The molecule has 1 heterocycles. The highest BCUT2D eigenvalue weighted by Crippen LogP contribution is 2.26. The molecular formula is C12H19ClN4O2S2. The monoisotopic (exact) mass is 350 g/mol. The second kappa shape index (κ2) is 7.44. The van der Waals surface area contributed by atoms with Crippen molar-refractivity contribution in [1.82, 2.24) is 10.0 Å². The molecule has 1 aromatic heterocycles. The van der Waals surface area contributed by atoms with Gasteiger partial charge in [0.2, 0.25) is 10.0 Å². The summed E-state index contributed by atoms with van der Waals surface area (Å²) in [6, 6.07) is 3.04. The summed E-state index contributed by atoms with van der Waals surface area (Å²) in [6.07, 6.45) is 3.72. The summed E-state index contributed by atoms with van der Waals surface area (Å²) in [5.41, 5.74) is 5.71. The Hall–Kier alpha value is -0.830. The molecule has 1 saturated carbocycles. The van der Waals surface area contributed by atoms with E-state index in [1.165, 1.54) is 25.3 Å². The smallest absolute Gasteiger partial charge is 0.250 e. The van der Waals surface area contributed by atoms with Crippen molar-refractivity contribution in [1.29, 1.82) is 0 Å². The van der Waals surface area contributed by atoms with Crippen LogP contribution in [0.3, 0.4) is 0 Å². The molecule has 0 spiro atoms. The molecule has 2 rings (SSSR count). The highest BCUT2D eigenvalue weighted by Gasteiger charge is 2.17. The van der Waals surface area contributed by atoms with E-state index in [4.69, 9.17) is 17.3 Å². The first-order valence-corrected chi connectivity index (χ1v) is 9.44. The van der Waals surface area contributed by atoms with Crippen molar-refractivity contribution in [2.75, 3.05) is 19.6 Å². The van der Waals surface area contributed by atoms with Gasteiger partial charge in [0.15, 0.2) is 5.96 Å². The zero-order chi connectivity index (χ0) is 15.3. The number of hydrogen-bond acceptors (Lipinski definition) is 4. The van der Waals surface area contributed by atoms with Gasteiger partial charge in [-0.25, -0.2) is 13.1 Å². The lowest BCUT2D eigenvalue weighted by molar-refractivity contribution is 0.326. The van der Waals surface area contributed by atoms with Crippen LogP contribution >= 0.6 is 22.9 Å². The number of nitrogens with one attached hydrogen (secondary N) is 2. The fourth-order valence-electron chi connectivity index (χ4n) is 1.85. The Labute approximate surface area is 133 Å². The van der Waals surface area contributed by atoms with E-state index >= 15 is 0 Å². The van der Waals surface area contributed by atoms with Crippen LogP contribution in [-0.4, -0.2) is 34.0 Å². The molecule has 4 N–H and O–H groups in total. The van der Waals surface area contributed by atoms with E-state index in [-0.39, 0.29) is 10.8 Å². The largest absolute Gasteiger partial charge is 0.370 e. The molecule has 21 heavy (non-hydrogen) atoms. The average Bonchev–Trinajstić information content (AvgIpc) is 2.80. The number of nitrogens with zero attached hydrogens (tertiary/aromatic N) is 1. The van der Waals surface area contributed by atoms with Gasteiger partial charge >= 0.3 is 0 Å². The van der Waals surface area contributed by atoms with E-state index in [0.717, 1.165) is 17.9 Å². The normalized spacial score (nSPS) is 16.7. The quantitative estimate of drug-likeness (QED) is 0.393. The van der Waals surface area contributed by atoms with Crippen LogP contribution in [0.4, 0.5) is 0 Å². The number of thiophene rings is 1. The highest BCUT2D eigenvalue weighted by atomic mass is 35.5. The molecule has 0 radical (unpaired) electrons. The first kappa shape index (κ1) is 16.5. The Morgan fingerprint density at radius 1 is 1.43 bits per heavy atom. The third kappa shape index (κ3) is 5.14. The number of rotatable bonds is 7. The van der Waals surface area contributed by atoms with Gasteiger partial charge in [0.1, 0.15) is 4.21 Å². The lowest BCUT2D eigenvalue weighted by atomic mass is 9.86. The summed E-state index contributed by atoms with van der Waals surface area (Å²) in [6.45, 7) is 1.37. The minimum Gasteiger partial charge on any atom is -0.370 e. The maximum atomic E-state index is 11.9. The van der Waals surface area contributed by atoms with Crippen LogP contribution in [0.5, 0.6) is 0 Å². The van der Waals surface area contributed by atoms with Crippen LogP contribution < -0.4 is 15.8 Å². The molecule has 0 aromatic carbocycles. The van der Waals surface area contributed by atoms with Crippen LogP contribution in [-0.2, 0) is 10.0 Å². The fraction of sp³-hybridized carbons (Fsp3) is 0.583. The lowest BCUT2D eigenvalue weighted by Crippen LogP contribution is -2.38. The Morgan fingerprint density at radius 3 is 2.76 bits per heavy atom. The lowest BCUT2D eigenvalue weighted by Gasteiger charge is -2.23. The number of aliphatic imine (C=N–C) groups is 1. The number of guanidine groups is 1. The van der Waals surface area contributed by atoms with Crippen LogP contribution in [0, 0.1) is 5.92 Å². The highest BCUT2D eigenvalue weighted by molar-refractivity contribution is 7.91. The Bertz CT molecular complexity index is 596. The molecule has 0 saturated heterocycles. The minimum absolute atomic E-state index is 0.208. The van der Waals surface area contributed by atoms with Gasteiger partial charge in [-0.1, -0.05) is 18.0 Å². The molecule has 1 aromatic rings. The molecular weight excluding hydrogens is 332 g/mol. The van der Waals surface area contributed by atoms with Crippen molar-refractivity contribution in [3.8, 4) is 0 Å². The molecule has 0 aliphatic heterocycles. The molecule has 0 unspecified atom stereocenters. The van der Waals surface area contributed by atoms with Crippen LogP contribution in [0.15, 0.2) is 21.3 Å². The van der Waals surface area contributed by atoms with Crippen molar-refractivity contribution in [2.24, 2.45) is 16.6 Å². The summed E-state index contributed by atoms with van der Waals surface area (Å²) in [5.74, 6) is 1.02. The minimum atomic E-state index is -3.49. The van der Waals surface area contributed by atoms with E-state index in [2.05, 4.69) is 15.0 Å². The summed E-state index contributed by atoms with van der Waals surface area (Å²) >= 11 is 6.75. The second-order valence-corrected chi connectivity index (χ2v) is 8.61. The van der Waals surface area contributed by atoms with Gasteiger partial charge in [0, 0.05) is 19.6 Å².